The largest absolute Gasteiger partial charge is 0.0616 e. The number of benzene rings is 9. The van der Waals surface area contributed by atoms with E-state index in [4.69, 9.17) is 0 Å². The van der Waals surface area contributed by atoms with Crippen LogP contribution in [-0.2, 0) is 12.8 Å². The molecule has 0 unspecified atom stereocenters. The second kappa shape index (κ2) is 10.3. The van der Waals surface area contributed by atoms with Gasteiger partial charge >= 0.3 is 0 Å². The Morgan fingerprint density at radius 1 is 0.311 bits per heavy atom. The molecule has 0 aliphatic carbocycles. The van der Waals surface area contributed by atoms with Crippen molar-refractivity contribution < 1.29 is 0 Å². The number of aryl methyl sites for hydroxylation is 1. The predicted octanol–water partition coefficient (Wildman–Crippen LogP) is 12.1. The molecule has 0 aromatic heterocycles. The highest BCUT2D eigenvalue weighted by Crippen LogP contribution is 2.35. The minimum absolute atomic E-state index is 0.897. The Bertz CT molecular complexity index is 2600. The van der Waals surface area contributed by atoms with E-state index in [0.29, 0.717) is 0 Å². The van der Waals surface area contributed by atoms with Crippen molar-refractivity contribution in [3.63, 3.8) is 0 Å². The lowest BCUT2D eigenvalue weighted by Gasteiger charge is -2.15. The van der Waals surface area contributed by atoms with Gasteiger partial charge < -0.3 is 0 Å². The van der Waals surface area contributed by atoms with E-state index in [1.165, 1.54) is 92.5 Å². The quantitative estimate of drug-likeness (QED) is 0.184. The van der Waals surface area contributed by atoms with Crippen LogP contribution in [-0.4, -0.2) is 0 Å². The lowest BCUT2D eigenvalue weighted by atomic mass is 9.89. The molecule has 0 bridgehead atoms. The summed E-state index contributed by atoms with van der Waals surface area (Å²) in [5.74, 6) is 0. The summed E-state index contributed by atoms with van der Waals surface area (Å²) < 4.78 is 0. The summed E-state index contributed by atoms with van der Waals surface area (Å²) >= 11 is 0. The smallest absolute Gasteiger partial charge is 0.00192 e. The summed E-state index contributed by atoms with van der Waals surface area (Å²) in [5, 5.41) is 15.9. The van der Waals surface area contributed by atoms with Gasteiger partial charge in [0.1, 0.15) is 0 Å². The van der Waals surface area contributed by atoms with E-state index in [1.54, 1.807) is 0 Å². The van der Waals surface area contributed by atoms with Crippen molar-refractivity contribution in [3.05, 3.63) is 179 Å². The molecule has 0 heterocycles. The van der Waals surface area contributed by atoms with E-state index in [1.807, 2.05) is 0 Å². The van der Waals surface area contributed by atoms with Crippen LogP contribution in [0.1, 0.15) is 27.8 Å². The topological polar surface area (TPSA) is 0 Å². The second-order valence-corrected chi connectivity index (χ2v) is 12.6. The fraction of sp³-hybridized carbons (Fsp3) is 0.0667. The van der Waals surface area contributed by atoms with Gasteiger partial charge in [-0.3, -0.25) is 0 Å². The van der Waals surface area contributed by atoms with E-state index >= 15 is 0 Å². The molecule has 212 valence electrons. The molecular weight excluding hydrogens is 540 g/mol. The molecule has 0 saturated carbocycles. The fourth-order valence-electron chi connectivity index (χ4n) is 7.52. The van der Waals surface area contributed by atoms with Crippen LogP contribution < -0.4 is 0 Å². The highest BCUT2D eigenvalue weighted by Gasteiger charge is 2.12. The standard InChI is InChI=1S/C45H32/c1-29-14-20-41-36(27-34-9-3-6-12-39(34)44(41)22-29)24-31-16-21-42-37(28-35-10-4-7-13-40(35)45(42)26-31)23-30-15-17-33-19-18-32-8-2-5-11-38(32)43(33)25-30/h2-22,25-28H,23-24H2,1H3. The average molecular weight is 573 g/mol. The molecule has 0 atom stereocenters. The molecule has 9 aromatic carbocycles. The van der Waals surface area contributed by atoms with Crippen molar-refractivity contribution in [3.8, 4) is 0 Å². The van der Waals surface area contributed by atoms with Gasteiger partial charge in [-0.1, -0.05) is 157 Å². The minimum Gasteiger partial charge on any atom is -0.0616 e. The van der Waals surface area contributed by atoms with Crippen molar-refractivity contribution in [2.75, 3.05) is 0 Å². The summed E-state index contributed by atoms with van der Waals surface area (Å²) in [4.78, 5) is 0. The summed E-state index contributed by atoms with van der Waals surface area (Å²) in [7, 11) is 0. The molecule has 0 aliphatic heterocycles. The molecule has 9 aromatic rings. The molecular formula is C45H32. The van der Waals surface area contributed by atoms with Gasteiger partial charge in [0.15, 0.2) is 0 Å². The first-order valence-electron chi connectivity index (χ1n) is 15.9. The summed E-state index contributed by atoms with van der Waals surface area (Å²) in [6.45, 7) is 2.19. The monoisotopic (exact) mass is 572 g/mol. The number of hydrogen-bond donors (Lipinski definition) is 0. The first-order valence-corrected chi connectivity index (χ1v) is 15.9. The summed E-state index contributed by atoms with van der Waals surface area (Å²) in [6, 6.07) is 56.7. The second-order valence-electron chi connectivity index (χ2n) is 12.6. The molecule has 0 radical (unpaired) electrons. The Hall–Kier alpha value is -5.46. The van der Waals surface area contributed by atoms with Crippen LogP contribution in [0.15, 0.2) is 152 Å². The zero-order chi connectivity index (χ0) is 29.9. The van der Waals surface area contributed by atoms with Crippen molar-refractivity contribution >= 4 is 64.6 Å². The van der Waals surface area contributed by atoms with E-state index in [2.05, 4.69) is 159 Å². The molecule has 0 saturated heterocycles. The van der Waals surface area contributed by atoms with Crippen LogP contribution in [0.2, 0.25) is 0 Å². The van der Waals surface area contributed by atoms with Gasteiger partial charge in [0.2, 0.25) is 0 Å². The fourth-order valence-corrected chi connectivity index (χ4v) is 7.52. The van der Waals surface area contributed by atoms with Crippen LogP contribution in [0.5, 0.6) is 0 Å². The maximum absolute atomic E-state index is 2.45. The first kappa shape index (κ1) is 26.0. The number of hydrogen-bond acceptors (Lipinski definition) is 0. The van der Waals surface area contributed by atoms with Crippen LogP contribution >= 0.6 is 0 Å². The minimum atomic E-state index is 0.897. The van der Waals surface area contributed by atoms with Crippen molar-refractivity contribution in [2.24, 2.45) is 0 Å². The SMILES string of the molecule is Cc1ccc2c(Cc3ccc4c(Cc5ccc6ccc7ccccc7c6c5)cc5ccccc5c4c3)cc3ccccc3c2c1. The maximum atomic E-state index is 2.45. The van der Waals surface area contributed by atoms with E-state index in [-0.39, 0.29) is 0 Å². The third kappa shape index (κ3) is 4.45. The maximum Gasteiger partial charge on any atom is -0.00192 e. The van der Waals surface area contributed by atoms with Gasteiger partial charge in [-0.25, -0.2) is 0 Å². The normalized spacial score (nSPS) is 11.8. The van der Waals surface area contributed by atoms with Crippen LogP contribution in [0.3, 0.4) is 0 Å². The van der Waals surface area contributed by atoms with Crippen molar-refractivity contribution in [1.82, 2.24) is 0 Å². The van der Waals surface area contributed by atoms with Gasteiger partial charge in [0.05, 0.1) is 0 Å². The van der Waals surface area contributed by atoms with Crippen molar-refractivity contribution in [2.45, 2.75) is 19.8 Å². The Kier molecular flexibility index (Phi) is 5.96. The van der Waals surface area contributed by atoms with Gasteiger partial charge in [-0.05, 0) is 107 Å². The van der Waals surface area contributed by atoms with Crippen LogP contribution in [0.25, 0.3) is 64.6 Å². The molecule has 0 aliphatic rings. The molecule has 0 nitrogen and oxygen atoms in total. The lowest BCUT2D eigenvalue weighted by Crippen LogP contribution is -1.95. The zero-order valence-electron chi connectivity index (χ0n) is 25.3. The average Bonchev–Trinajstić information content (AvgIpc) is 3.08. The molecule has 0 heteroatoms. The third-order valence-corrected chi connectivity index (χ3v) is 9.71. The van der Waals surface area contributed by atoms with Gasteiger partial charge in [-0.2, -0.15) is 0 Å². The van der Waals surface area contributed by atoms with E-state index in [9.17, 15) is 0 Å². The first-order chi connectivity index (χ1) is 22.2. The van der Waals surface area contributed by atoms with E-state index in [0.717, 1.165) is 12.8 Å². The van der Waals surface area contributed by atoms with Crippen LogP contribution in [0, 0.1) is 6.92 Å². The lowest BCUT2D eigenvalue weighted by molar-refractivity contribution is 1.21. The predicted molar refractivity (Wildman–Crippen MR) is 195 cm³/mol. The zero-order valence-corrected chi connectivity index (χ0v) is 25.3. The Labute approximate surface area is 263 Å². The molecule has 0 N–H and O–H groups in total. The van der Waals surface area contributed by atoms with E-state index < -0.39 is 0 Å². The van der Waals surface area contributed by atoms with Crippen molar-refractivity contribution in [1.29, 1.82) is 0 Å². The number of fused-ring (bicyclic) bond motifs is 9. The van der Waals surface area contributed by atoms with Gasteiger partial charge in [-0.15, -0.1) is 0 Å². The number of rotatable bonds is 4. The molecule has 0 fully saturated rings. The highest BCUT2D eigenvalue weighted by atomic mass is 14.2. The molecule has 9 rings (SSSR count). The Balaban J connectivity index is 1.17. The Morgan fingerprint density at radius 3 is 1.40 bits per heavy atom. The molecule has 0 amide bonds. The molecule has 0 spiro atoms. The van der Waals surface area contributed by atoms with Crippen LogP contribution in [0.4, 0.5) is 0 Å². The summed E-state index contributed by atoms with van der Waals surface area (Å²) in [5.41, 5.74) is 6.75. The highest BCUT2D eigenvalue weighted by molar-refractivity contribution is 6.11. The van der Waals surface area contributed by atoms with Gasteiger partial charge in [0.25, 0.3) is 0 Å². The third-order valence-electron chi connectivity index (χ3n) is 9.71. The van der Waals surface area contributed by atoms with Gasteiger partial charge in [0, 0.05) is 0 Å². The molecule has 45 heavy (non-hydrogen) atoms. The Morgan fingerprint density at radius 2 is 0.756 bits per heavy atom. The summed E-state index contributed by atoms with van der Waals surface area (Å²) in [6.07, 6.45) is 1.80.